The maximum absolute atomic E-state index is 12.8. The molecule has 176 valence electrons. The van der Waals surface area contributed by atoms with E-state index in [0.717, 1.165) is 25.2 Å². The number of amides is 1. The number of nitrogens with zero attached hydrogens (tertiary/aromatic N) is 2. The summed E-state index contributed by atoms with van der Waals surface area (Å²) >= 11 is 12.0. The van der Waals surface area contributed by atoms with E-state index in [4.69, 9.17) is 33.4 Å². The maximum atomic E-state index is 12.8. The highest BCUT2D eigenvalue weighted by molar-refractivity contribution is 6.42. The molecule has 2 heterocycles. The van der Waals surface area contributed by atoms with E-state index in [2.05, 4.69) is 4.90 Å². The summed E-state index contributed by atoms with van der Waals surface area (Å²) in [6.45, 7) is 3.69. The van der Waals surface area contributed by atoms with Crippen molar-refractivity contribution in [2.24, 2.45) is 0 Å². The van der Waals surface area contributed by atoms with E-state index in [1.165, 1.54) is 12.8 Å². The van der Waals surface area contributed by atoms with Gasteiger partial charge in [-0.2, -0.15) is 0 Å². The Morgan fingerprint density at radius 3 is 2.19 bits per heavy atom. The van der Waals surface area contributed by atoms with Crippen LogP contribution < -0.4 is 0 Å². The third-order valence-corrected chi connectivity index (χ3v) is 6.12. The van der Waals surface area contributed by atoms with Crippen LogP contribution in [0.4, 0.5) is 0 Å². The summed E-state index contributed by atoms with van der Waals surface area (Å²) in [6.07, 6.45) is 4.92. The SMILES string of the molecule is O=C(Cc1ccc(Cl)c(Cl)c1)N1CC[C@@H](O)C[C@@H]1CN1CCCC1.O=C(O)C=CC(=O)O. The minimum absolute atomic E-state index is 0.0992. The normalized spacial score (nSPS) is 21.3. The standard InChI is InChI=1S/C18H24Cl2N2O2.C4H4O4/c19-16-4-3-13(9-17(16)20)10-18(24)22-8-5-15(23)11-14(22)12-21-6-1-2-7-21;5-3(6)1-2-4(7)8/h3-4,9,14-15,23H,1-2,5-8,10-12H2;1-2H,(H,5,6)(H,7,8)/t14-,15-;/m1./s1. The second-order valence-corrected chi connectivity index (χ2v) is 8.68. The van der Waals surface area contributed by atoms with E-state index in [1.807, 2.05) is 11.0 Å². The zero-order chi connectivity index (χ0) is 23.7. The van der Waals surface area contributed by atoms with Gasteiger partial charge < -0.3 is 25.1 Å². The highest BCUT2D eigenvalue weighted by Crippen LogP contribution is 2.25. The molecule has 32 heavy (non-hydrogen) atoms. The van der Waals surface area contributed by atoms with Gasteiger partial charge in [-0.1, -0.05) is 29.3 Å². The fourth-order valence-electron chi connectivity index (χ4n) is 3.86. The van der Waals surface area contributed by atoms with Crippen LogP contribution in [0.3, 0.4) is 0 Å². The van der Waals surface area contributed by atoms with Crippen molar-refractivity contribution in [3.8, 4) is 0 Å². The van der Waals surface area contributed by atoms with Crippen molar-refractivity contribution < 1.29 is 29.7 Å². The van der Waals surface area contributed by atoms with Crippen LogP contribution in [0.1, 0.15) is 31.2 Å². The largest absolute Gasteiger partial charge is 0.478 e. The smallest absolute Gasteiger partial charge is 0.328 e. The van der Waals surface area contributed by atoms with Gasteiger partial charge in [0.2, 0.25) is 5.91 Å². The number of aliphatic carboxylic acids is 2. The summed E-state index contributed by atoms with van der Waals surface area (Å²) in [7, 11) is 0. The third-order valence-electron chi connectivity index (χ3n) is 5.38. The summed E-state index contributed by atoms with van der Waals surface area (Å²) in [5, 5.41) is 26.6. The van der Waals surface area contributed by atoms with Crippen LogP contribution in [0.15, 0.2) is 30.4 Å². The first-order chi connectivity index (χ1) is 15.2. The Morgan fingerprint density at radius 2 is 1.62 bits per heavy atom. The number of halogens is 2. The van der Waals surface area contributed by atoms with Gasteiger partial charge in [-0.15, -0.1) is 0 Å². The Labute approximate surface area is 197 Å². The van der Waals surface area contributed by atoms with Crippen molar-refractivity contribution in [1.29, 1.82) is 0 Å². The average molecular weight is 487 g/mol. The van der Waals surface area contributed by atoms with Crippen LogP contribution in [-0.4, -0.2) is 81.3 Å². The van der Waals surface area contributed by atoms with Gasteiger partial charge in [0, 0.05) is 31.3 Å². The number of carbonyl (C=O) groups is 3. The third kappa shape index (κ3) is 8.78. The van der Waals surface area contributed by atoms with Gasteiger partial charge >= 0.3 is 11.9 Å². The summed E-state index contributed by atoms with van der Waals surface area (Å²) in [5.41, 5.74) is 0.875. The van der Waals surface area contributed by atoms with E-state index in [9.17, 15) is 19.5 Å². The molecule has 8 nitrogen and oxygen atoms in total. The Morgan fingerprint density at radius 1 is 1.00 bits per heavy atom. The number of hydrogen-bond acceptors (Lipinski definition) is 5. The molecule has 0 unspecified atom stereocenters. The zero-order valence-electron chi connectivity index (χ0n) is 17.6. The molecule has 2 saturated heterocycles. The summed E-state index contributed by atoms with van der Waals surface area (Å²) < 4.78 is 0. The second-order valence-electron chi connectivity index (χ2n) is 7.86. The van der Waals surface area contributed by atoms with Crippen LogP contribution in [0.5, 0.6) is 0 Å². The number of benzene rings is 1. The highest BCUT2D eigenvalue weighted by Gasteiger charge is 2.32. The highest BCUT2D eigenvalue weighted by atomic mass is 35.5. The van der Waals surface area contributed by atoms with E-state index in [1.54, 1.807) is 12.1 Å². The molecule has 3 N–H and O–H groups in total. The molecule has 10 heteroatoms. The molecule has 3 rings (SSSR count). The molecule has 0 radical (unpaired) electrons. The number of carbonyl (C=O) groups excluding carboxylic acids is 1. The molecule has 0 aromatic heterocycles. The molecular weight excluding hydrogens is 459 g/mol. The lowest BCUT2D eigenvalue weighted by Crippen LogP contribution is -2.52. The number of hydrogen-bond donors (Lipinski definition) is 3. The fourth-order valence-corrected chi connectivity index (χ4v) is 4.18. The molecule has 1 aromatic carbocycles. The topological polar surface area (TPSA) is 118 Å². The predicted molar refractivity (Wildman–Crippen MR) is 121 cm³/mol. The Bertz CT molecular complexity index is 826. The molecule has 1 amide bonds. The molecule has 0 bridgehead atoms. The van der Waals surface area contributed by atoms with E-state index in [0.29, 0.717) is 48.0 Å². The number of aliphatic hydroxyl groups is 1. The van der Waals surface area contributed by atoms with Gasteiger partial charge in [-0.3, -0.25) is 4.79 Å². The van der Waals surface area contributed by atoms with E-state index in [-0.39, 0.29) is 18.1 Å². The van der Waals surface area contributed by atoms with Crippen molar-refractivity contribution in [3.05, 3.63) is 46.0 Å². The first kappa shape index (κ1) is 26.1. The Kier molecular flexibility index (Phi) is 10.4. The maximum Gasteiger partial charge on any atom is 0.328 e. The summed E-state index contributed by atoms with van der Waals surface area (Å²) in [5.74, 6) is -2.41. The zero-order valence-corrected chi connectivity index (χ0v) is 19.1. The molecule has 2 aliphatic rings. The van der Waals surface area contributed by atoms with Crippen molar-refractivity contribution in [2.45, 2.75) is 44.2 Å². The van der Waals surface area contributed by atoms with E-state index >= 15 is 0 Å². The lowest BCUT2D eigenvalue weighted by Gasteiger charge is -2.40. The van der Waals surface area contributed by atoms with Gasteiger partial charge in [0.05, 0.1) is 22.6 Å². The monoisotopic (exact) mass is 486 g/mol. The minimum atomic E-state index is -1.26. The number of piperidine rings is 1. The Balaban J connectivity index is 0.000000390. The van der Waals surface area contributed by atoms with Gasteiger partial charge in [0.15, 0.2) is 0 Å². The van der Waals surface area contributed by atoms with Gasteiger partial charge in [0.1, 0.15) is 0 Å². The minimum Gasteiger partial charge on any atom is -0.478 e. The van der Waals surface area contributed by atoms with E-state index < -0.39 is 11.9 Å². The second kappa shape index (κ2) is 12.8. The predicted octanol–water partition coefficient (Wildman–Crippen LogP) is 2.70. The fraction of sp³-hybridized carbons (Fsp3) is 0.500. The molecule has 2 atom stereocenters. The van der Waals surface area contributed by atoms with Crippen LogP contribution in [0.2, 0.25) is 10.0 Å². The Hall–Kier alpha value is -2.13. The molecule has 2 fully saturated rings. The number of aliphatic hydroxyl groups excluding tert-OH is 1. The van der Waals surface area contributed by atoms with Crippen LogP contribution in [0.25, 0.3) is 0 Å². The molecular formula is C22H28Cl2N2O6. The van der Waals surface area contributed by atoms with Crippen LogP contribution >= 0.6 is 23.2 Å². The quantitative estimate of drug-likeness (QED) is 0.528. The molecule has 0 aliphatic carbocycles. The van der Waals surface area contributed by atoms with Crippen LogP contribution in [0, 0.1) is 0 Å². The molecule has 2 aliphatic heterocycles. The molecule has 1 aromatic rings. The molecule has 0 spiro atoms. The van der Waals surface area contributed by atoms with Crippen LogP contribution in [-0.2, 0) is 20.8 Å². The van der Waals surface area contributed by atoms with Crippen molar-refractivity contribution >= 4 is 41.0 Å². The van der Waals surface area contributed by atoms with Crippen molar-refractivity contribution in [2.75, 3.05) is 26.2 Å². The number of likely N-dealkylation sites (tertiary alicyclic amines) is 2. The van der Waals surface area contributed by atoms with Gasteiger partial charge in [-0.25, -0.2) is 9.59 Å². The first-order valence-electron chi connectivity index (χ1n) is 10.4. The van der Waals surface area contributed by atoms with Gasteiger partial charge in [-0.05, 0) is 56.5 Å². The van der Waals surface area contributed by atoms with Crippen molar-refractivity contribution in [3.63, 3.8) is 0 Å². The summed E-state index contributed by atoms with van der Waals surface area (Å²) in [6, 6.07) is 5.44. The number of carboxylic acid groups (broad SMARTS) is 2. The summed E-state index contributed by atoms with van der Waals surface area (Å²) in [4.78, 5) is 36.3. The van der Waals surface area contributed by atoms with Gasteiger partial charge in [0.25, 0.3) is 0 Å². The first-order valence-corrected chi connectivity index (χ1v) is 11.2. The van der Waals surface area contributed by atoms with Crippen molar-refractivity contribution in [1.82, 2.24) is 9.80 Å². The lowest BCUT2D eigenvalue weighted by molar-refractivity contribution is -0.136. The average Bonchev–Trinajstić information content (AvgIpc) is 3.23. The lowest BCUT2D eigenvalue weighted by atomic mass is 9.97. The molecule has 0 saturated carbocycles. The number of rotatable bonds is 6. The number of carboxylic acids is 2.